The fraction of sp³-hybridized carbons (Fsp3) is 0.375. The average molecular weight is 383 g/mol. The smallest absolute Gasteiger partial charge is 0.413 e. The summed E-state index contributed by atoms with van der Waals surface area (Å²) in [5, 5.41) is 7.63. The van der Waals surface area contributed by atoms with Crippen molar-refractivity contribution in [3.8, 4) is 0 Å². The maximum Gasteiger partial charge on any atom is 0.413 e. The number of nitrogens with zero attached hydrogens (tertiary/aromatic N) is 3. The van der Waals surface area contributed by atoms with Crippen molar-refractivity contribution < 1.29 is 9.53 Å². The van der Waals surface area contributed by atoms with E-state index < -0.39 is 17.3 Å². The van der Waals surface area contributed by atoms with Gasteiger partial charge in [-0.1, -0.05) is 35.5 Å². The largest absolute Gasteiger partial charge is 0.444 e. The van der Waals surface area contributed by atoms with Crippen LogP contribution in [0.3, 0.4) is 0 Å². The molecule has 1 heterocycles. The van der Waals surface area contributed by atoms with Gasteiger partial charge < -0.3 is 4.74 Å². The summed E-state index contributed by atoms with van der Waals surface area (Å²) in [7, 11) is 0. The molecule has 1 aromatic heterocycles. The predicted molar refractivity (Wildman–Crippen MR) is 98.5 cm³/mol. The number of nitrogens with one attached hydrogen (secondary N) is 1. The highest BCUT2D eigenvalue weighted by atomic mass is 35.5. The van der Waals surface area contributed by atoms with Gasteiger partial charge in [-0.25, -0.2) is 9.48 Å². The Morgan fingerprint density at radius 3 is 2.52 bits per heavy atom. The standard InChI is InChI=1S/C16H19ClN4O3S/c1-16(2,3)24-15(23)18-12-13(22)19-14(25-4)21(20-12)9-10-5-7-11(17)8-6-10/h5-8H,9H2,1-4H3,(H,18,20,23). The van der Waals surface area contributed by atoms with Crippen LogP contribution in [0.1, 0.15) is 26.3 Å². The van der Waals surface area contributed by atoms with E-state index in [2.05, 4.69) is 15.4 Å². The van der Waals surface area contributed by atoms with Gasteiger partial charge in [-0.3, -0.25) is 10.1 Å². The first-order valence-electron chi connectivity index (χ1n) is 7.45. The zero-order valence-electron chi connectivity index (χ0n) is 14.4. The van der Waals surface area contributed by atoms with Crippen LogP contribution in [0.2, 0.25) is 5.02 Å². The molecule has 0 radical (unpaired) electrons. The number of carbonyl (C=O) groups is 1. The van der Waals surface area contributed by atoms with Crippen LogP contribution < -0.4 is 10.9 Å². The summed E-state index contributed by atoms with van der Waals surface area (Å²) in [5.74, 6) is -0.180. The lowest BCUT2D eigenvalue weighted by molar-refractivity contribution is 0.0634. The van der Waals surface area contributed by atoms with Crippen LogP contribution in [0, 0.1) is 0 Å². The van der Waals surface area contributed by atoms with Crippen LogP contribution >= 0.6 is 23.4 Å². The molecule has 0 aliphatic rings. The molecule has 0 saturated heterocycles. The van der Waals surface area contributed by atoms with E-state index in [9.17, 15) is 9.59 Å². The first kappa shape index (κ1) is 19.3. The molecular weight excluding hydrogens is 364 g/mol. The molecule has 2 aromatic rings. The van der Waals surface area contributed by atoms with E-state index >= 15 is 0 Å². The molecule has 25 heavy (non-hydrogen) atoms. The van der Waals surface area contributed by atoms with Crippen molar-refractivity contribution in [2.24, 2.45) is 0 Å². The van der Waals surface area contributed by atoms with Gasteiger partial charge >= 0.3 is 11.7 Å². The zero-order chi connectivity index (χ0) is 18.6. The fourth-order valence-electron chi connectivity index (χ4n) is 1.90. The van der Waals surface area contributed by atoms with Gasteiger partial charge in [0.2, 0.25) is 5.82 Å². The Balaban J connectivity index is 2.28. The number of thioether (sulfide) groups is 1. The monoisotopic (exact) mass is 382 g/mol. The summed E-state index contributed by atoms with van der Waals surface area (Å²) in [5.41, 5.74) is -0.373. The highest BCUT2D eigenvalue weighted by Gasteiger charge is 2.19. The number of rotatable bonds is 4. The van der Waals surface area contributed by atoms with Crippen LogP contribution in [0.15, 0.2) is 34.2 Å². The molecule has 1 amide bonds. The van der Waals surface area contributed by atoms with Gasteiger partial charge in [0.05, 0.1) is 6.54 Å². The van der Waals surface area contributed by atoms with E-state index in [0.29, 0.717) is 16.7 Å². The number of benzene rings is 1. The van der Waals surface area contributed by atoms with Crippen LogP contribution in [0.5, 0.6) is 0 Å². The number of hydrogen-bond donors (Lipinski definition) is 1. The number of halogens is 1. The third-order valence-electron chi connectivity index (χ3n) is 2.89. The second-order valence-electron chi connectivity index (χ2n) is 6.16. The number of anilines is 1. The highest BCUT2D eigenvalue weighted by molar-refractivity contribution is 7.98. The number of carbonyl (C=O) groups excluding carboxylic acids is 1. The van der Waals surface area contributed by atoms with E-state index in [0.717, 1.165) is 5.56 Å². The van der Waals surface area contributed by atoms with Gasteiger partial charge in [-0.15, -0.1) is 5.10 Å². The minimum atomic E-state index is -0.756. The quantitative estimate of drug-likeness (QED) is 0.815. The Morgan fingerprint density at radius 2 is 1.96 bits per heavy atom. The third kappa shape index (κ3) is 5.75. The lowest BCUT2D eigenvalue weighted by atomic mass is 10.2. The van der Waals surface area contributed by atoms with E-state index in [4.69, 9.17) is 16.3 Å². The molecule has 0 spiro atoms. The molecule has 1 N–H and O–H groups in total. The van der Waals surface area contributed by atoms with Crippen molar-refractivity contribution in [3.05, 3.63) is 45.2 Å². The minimum Gasteiger partial charge on any atom is -0.444 e. The van der Waals surface area contributed by atoms with Crippen molar-refractivity contribution >= 4 is 35.3 Å². The van der Waals surface area contributed by atoms with Gasteiger partial charge in [0.15, 0.2) is 5.16 Å². The Labute approximate surface area is 154 Å². The Kier molecular flexibility index (Phi) is 6.07. The van der Waals surface area contributed by atoms with Gasteiger partial charge in [0.25, 0.3) is 0 Å². The lowest BCUT2D eigenvalue weighted by Crippen LogP contribution is -2.31. The average Bonchev–Trinajstić information content (AvgIpc) is 2.50. The molecule has 2 rings (SSSR count). The number of aromatic nitrogens is 3. The number of hydrogen-bond acceptors (Lipinski definition) is 6. The predicted octanol–water partition coefficient (Wildman–Crippen LogP) is 3.41. The molecule has 0 atom stereocenters. The van der Waals surface area contributed by atoms with Gasteiger partial charge in [0, 0.05) is 5.02 Å². The van der Waals surface area contributed by atoms with Crippen LogP contribution in [0.25, 0.3) is 0 Å². The molecule has 7 nitrogen and oxygen atoms in total. The van der Waals surface area contributed by atoms with Crippen molar-refractivity contribution in [3.63, 3.8) is 0 Å². The van der Waals surface area contributed by atoms with Crippen molar-refractivity contribution in [1.29, 1.82) is 0 Å². The third-order valence-corrected chi connectivity index (χ3v) is 3.81. The lowest BCUT2D eigenvalue weighted by Gasteiger charge is -2.19. The maximum atomic E-state index is 12.1. The van der Waals surface area contributed by atoms with Crippen LogP contribution in [-0.2, 0) is 11.3 Å². The van der Waals surface area contributed by atoms with Crippen molar-refractivity contribution in [1.82, 2.24) is 14.8 Å². The Morgan fingerprint density at radius 1 is 1.32 bits per heavy atom. The summed E-state index contributed by atoms with van der Waals surface area (Å²) < 4.78 is 6.68. The summed E-state index contributed by atoms with van der Waals surface area (Å²) in [6, 6.07) is 7.25. The molecule has 0 aliphatic carbocycles. The molecule has 0 fully saturated rings. The molecule has 1 aromatic carbocycles. The molecule has 9 heteroatoms. The topological polar surface area (TPSA) is 86.1 Å². The van der Waals surface area contributed by atoms with E-state index in [1.165, 1.54) is 11.8 Å². The van der Waals surface area contributed by atoms with Gasteiger partial charge in [-0.05, 0) is 44.7 Å². The minimum absolute atomic E-state index is 0.180. The van der Waals surface area contributed by atoms with Gasteiger partial charge in [0.1, 0.15) is 5.60 Å². The SMILES string of the molecule is CSc1nc(=O)c(NC(=O)OC(C)(C)C)nn1Cc1ccc(Cl)cc1. The molecule has 134 valence electrons. The molecule has 0 aliphatic heterocycles. The molecule has 0 bridgehead atoms. The molecular formula is C16H19ClN4O3S. The second-order valence-corrected chi connectivity index (χ2v) is 7.37. The summed E-state index contributed by atoms with van der Waals surface area (Å²) >= 11 is 7.18. The van der Waals surface area contributed by atoms with Crippen LogP contribution in [0.4, 0.5) is 10.6 Å². The number of amides is 1. The maximum absolute atomic E-state index is 12.1. The molecule has 0 saturated carbocycles. The van der Waals surface area contributed by atoms with Crippen molar-refractivity contribution in [2.45, 2.75) is 38.1 Å². The Bertz CT molecular complexity index is 816. The fourth-order valence-corrected chi connectivity index (χ4v) is 2.52. The normalized spacial score (nSPS) is 11.2. The van der Waals surface area contributed by atoms with Crippen molar-refractivity contribution in [2.75, 3.05) is 11.6 Å². The van der Waals surface area contributed by atoms with E-state index in [1.807, 2.05) is 12.1 Å². The summed E-state index contributed by atoms with van der Waals surface area (Å²) in [6.45, 7) is 5.57. The zero-order valence-corrected chi connectivity index (χ0v) is 15.9. The Hall–Kier alpha value is -2.06. The first-order chi connectivity index (χ1) is 11.7. The first-order valence-corrected chi connectivity index (χ1v) is 9.06. The highest BCUT2D eigenvalue weighted by Crippen LogP contribution is 2.15. The molecule has 0 unspecified atom stereocenters. The van der Waals surface area contributed by atoms with Crippen LogP contribution in [-0.4, -0.2) is 32.7 Å². The van der Waals surface area contributed by atoms with Gasteiger partial charge in [-0.2, -0.15) is 4.98 Å². The van der Waals surface area contributed by atoms with E-state index in [-0.39, 0.29) is 5.82 Å². The van der Waals surface area contributed by atoms with E-state index in [1.54, 1.807) is 43.8 Å². The number of ether oxygens (including phenoxy) is 1. The second kappa shape index (κ2) is 7.88. The summed E-state index contributed by atoms with van der Waals surface area (Å²) in [4.78, 5) is 27.9. The summed E-state index contributed by atoms with van der Waals surface area (Å²) in [6.07, 6.45) is 1.04.